The van der Waals surface area contributed by atoms with Crippen LogP contribution in [0.15, 0.2) is 46.7 Å². The maximum absolute atomic E-state index is 3.97. The Hall–Kier alpha value is -1.44. The lowest BCUT2D eigenvalue weighted by atomic mass is 10.0. The van der Waals surface area contributed by atoms with Crippen molar-refractivity contribution < 1.29 is 0 Å². The molecule has 0 radical (unpaired) electrons. The molecule has 0 aromatic carbocycles. The average molecular weight is 160 g/mol. The van der Waals surface area contributed by atoms with Crippen LogP contribution in [0.1, 0.15) is 13.3 Å². The molecule has 1 aliphatic heterocycles. The lowest BCUT2D eigenvalue weighted by Gasteiger charge is -2.00. The van der Waals surface area contributed by atoms with E-state index < -0.39 is 0 Å². The minimum Gasteiger partial charge on any atom is -0.160 e. The van der Waals surface area contributed by atoms with Crippen LogP contribution in [0.4, 0.5) is 0 Å². The van der Waals surface area contributed by atoms with E-state index in [4.69, 9.17) is 0 Å². The number of nitrogens with zero attached hydrogens (tertiary/aromatic N) is 2. The zero-order valence-corrected chi connectivity index (χ0v) is 7.25. The summed E-state index contributed by atoms with van der Waals surface area (Å²) in [6.45, 7) is 9.39. The van der Waals surface area contributed by atoms with Gasteiger partial charge in [-0.1, -0.05) is 25.3 Å². The van der Waals surface area contributed by atoms with Crippen LogP contribution in [-0.4, -0.2) is 11.9 Å². The summed E-state index contributed by atoms with van der Waals surface area (Å²) in [6, 6.07) is 0. The maximum Gasteiger partial charge on any atom is 0.0570 e. The molecule has 62 valence electrons. The van der Waals surface area contributed by atoms with Gasteiger partial charge in [0.25, 0.3) is 0 Å². The van der Waals surface area contributed by atoms with Crippen molar-refractivity contribution in [1.29, 1.82) is 0 Å². The van der Waals surface area contributed by atoms with E-state index in [9.17, 15) is 0 Å². The molecule has 0 aliphatic carbocycles. The van der Waals surface area contributed by atoms with Gasteiger partial charge in [-0.15, -0.1) is 0 Å². The fourth-order valence-electron chi connectivity index (χ4n) is 1.06. The van der Waals surface area contributed by atoms with Crippen molar-refractivity contribution in [3.63, 3.8) is 0 Å². The van der Waals surface area contributed by atoms with Gasteiger partial charge in [-0.25, -0.2) is 0 Å². The Labute approximate surface area is 72.7 Å². The highest BCUT2D eigenvalue weighted by molar-refractivity contribution is 5.92. The molecule has 0 saturated heterocycles. The van der Waals surface area contributed by atoms with Crippen molar-refractivity contribution in [2.24, 2.45) is 10.2 Å². The molecule has 1 heterocycles. The van der Waals surface area contributed by atoms with Gasteiger partial charge in [0.2, 0.25) is 0 Å². The first-order valence-corrected chi connectivity index (χ1v) is 3.82. The third kappa shape index (κ3) is 1.78. The summed E-state index contributed by atoms with van der Waals surface area (Å²) >= 11 is 0. The number of rotatable bonds is 2. The lowest BCUT2D eigenvalue weighted by molar-refractivity contribution is 1.21. The molecule has 12 heavy (non-hydrogen) atoms. The van der Waals surface area contributed by atoms with E-state index in [2.05, 4.69) is 23.4 Å². The van der Waals surface area contributed by atoms with E-state index in [1.807, 2.05) is 13.0 Å². The van der Waals surface area contributed by atoms with E-state index in [1.165, 1.54) is 0 Å². The summed E-state index contributed by atoms with van der Waals surface area (Å²) < 4.78 is 0. The molecule has 2 nitrogen and oxygen atoms in total. The monoisotopic (exact) mass is 160 g/mol. The Bertz CT molecular complexity index is 293. The summed E-state index contributed by atoms with van der Waals surface area (Å²) in [4.78, 5) is 0. The Kier molecular flexibility index (Phi) is 2.75. The maximum atomic E-state index is 3.97. The smallest absolute Gasteiger partial charge is 0.0570 e. The second-order valence-electron chi connectivity index (χ2n) is 2.65. The highest BCUT2D eigenvalue weighted by Gasteiger charge is 2.03. The van der Waals surface area contributed by atoms with Gasteiger partial charge in [0, 0.05) is 12.1 Å². The van der Waals surface area contributed by atoms with Gasteiger partial charge < -0.3 is 0 Å². The summed E-state index contributed by atoms with van der Waals surface area (Å²) in [5.41, 5.74) is 3.14. The first-order chi connectivity index (χ1) is 5.77. The minimum atomic E-state index is 0.810. The molecule has 0 unspecified atom stereocenters. The Morgan fingerprint density at radius 3 is 2.75 bits per heavy atom. The Morgan fingerprint density at radius 1 is 1.42 bits per heavy atom. The van der Waals surface area contributed by atoms with Crippen molar-refractivity contribution in [2.45, 2.75) is 13.3 Å². The van der Waals surface area contributed by atoms with Crippen LogP contribution < -0.4 is 0 Å². The molecule has 0 aromatic rings. The summed E-state index contributed by atoms with van der Waals surface area (Å²) in [7, 11) is 0. The third-order valence-electron chi connectivity index (χ3n) is 1.71. The van der Waals surface area contributed by atoms with Gasteiger partial charge in [0.15, 0.2) is 0 Å². The van der Waals surface area contributed by atoms with Crippen molar-refractivity contribution in [1.82, 2.24) is 0 Å². The molecule has 1 rings (SSSR count). The first-order valence-electron chi connectivity index (χ1n) is 3.82. The summed E-state index contributed by atoms with van der Waals surface area (Å²) in [5, 5.41) is 7.86. The molecule has 2 heteroatoms. The highest BCUT2D eigenvalue weighted by Crippen LogP contribution is 2.13. The van der Waals surface area contributed by atoms with Crippen LogP contribution in [-0.2, 0) is 0 Å². The molecular weight excluding hydrogens is 148 g/mol. The standard InChI is InChI=1S/C10H12N2/c1-4-9-6-8(3)12-11-7-10(9)5-2/h4-5,7H,1-2,6H2,3H3. The molecule has 0 atom stereocenters. The summed E-state index contributed by atoms with van der Waals surface area (Å²) in [5.74, 6) is 0. The molecule has 1 aliphatic rings. The third-order valence-corrected chi connectivity index (χ3v) is 1.71. The normalized spacial score (nSPS) is 16.9. The fourth-order valence-corrected chi connectivity index (χ4v) is 1.06. The van der Waals surface area contributed by atoms with Gasteiger partial charge in [-0.3, -0.25) is 0 Å². The Balaban J connectivity index is 3.07. The van der Waals surface area contributed by atoms with Crippen LogP contribution in [0.3, 0.4) is 0 Å². The number of allylic oxidation sites excluding steroid dienone is 4. The van der Waals surface area contributed by atoms with Crippen molar-refractivity contribution >= 4 is 11.9 Å². The Morgan fingerprint density at radius 2 is 2.17 bits per heavy atom. The second-order valence-corrected chi connectivity index (χ2v) is 2.65. The lowest BCUT2D eigenvalue weighted by Crippen LogP contribution is -1.93. The topological polar surface area (TPSA) is 24.7 Å². The highest BCUT2D eigenvalue weighted by atomic mass is 15.2. The summed E-state index contributed by atoms with van der Waals surface area (Å²) in [6.07, 6.45) is 6.12. The van der Waals surface area contributed by atoms with Crippen LogP contribution in [0.25, 0.3) is 0 Å². The quantitative estimate of drug-likeness (QED) is 0.593. The van der Waals surface area contributed by atoms with E-state index in [1.54, 1.807) is 12.3 Å². The predicted molar refractivity (Wildman–Crippen MR) is 53.6 cm³/mol. The van der Waals surface area contributed by atoms with Gasteiger partial charge in [0.1, 0.15) is 0 Å². The van der Waals surface area contributed by atoms with Gasteiger partial charge in [-0.2, -0.15) is 10.2 Å². The van der Waals surface area contributed by atoms with Gasteiger partial charge >= 0.3 is 0 Å². The van der Waals surface area contributed by atoms with Crippen molar-refractivity contribution in [3.8, 4) is 0 Å². The SMILES string of the molecule is C=CC1=C(C=C)CC(C)=NN=C1. The van der Waals surface area contributed by atoms with Crippen molar-refractivity contribution in [3.05, 3.63) is 36.5 Å². The molecule has 0 aromatic heterocycles. The van der Waals surface area contributed by atoms with Crippen molar-refractivity contribution in [2.75, 3.05) is 0 Å². The zero-order valence-electron chi connectivity index (χ0n) is 7.25. The number of hydrogen-bond acceptors (Lipinski definition) is 2. The van der Waals surface area contributed by atoms with Crippen LogP contribution in [0.5, 0.6) is 0 Å². The van der Waals surface area contributed by atoms with Crippen LogP contribution in [0.2, 0.25) is 0 Å². The van der Waals surface area contributed by atoms with E-state index >= 15 is 0 Å². The molecule has 0 N–H and O–H groups in total. The molecule has 0 bridgehead atoms. The van der Waals surface area contributed by atoms with Gasteiger partial charge in [0.05, 0.1) is 6.21 Å². The van der Waals surface area contributed by atoms with E-state index in [0.29, 0.717) is 0 Å². The number of hydrogen-bond donors (Lipinski definition) is 0. The van der Waals surface area contributed by atoms with Crippen LogP contribution >= 0.6 is 0 Å². The minimum absolute atomic E-state index is 0.810. The molecule has 0 fully saturated rings. The second kappa shape index (κ2) is 3.81. The molecule has 0 spiro atoms. The van der Waals surface area contributed by atoms with Gasteiger partial charge in [-0.05, 0) is 18.1 Å². The average Bonchev–Trinajstić information content (AvgIpc) is 2.26. The zero-order chi connectivity index (χ0) is 8.97. The molecular formula is C10H12N2. The molecule has 0 amide bonds. The van der Waals surface area contributed by atoms with Crippen LogP contribution in [0, 0.1) is 0 Å². The van der Waals surface area contributed by atoms with E-state index in [0.717, 1.165) is 23.3 Å². The predicted octanol–water partition coefficient (Wildman–Crippen LogP) is 2.51. The van der Waals surface area contributed by atoms with E-state index in [-0.39, 0.29) is 0 Å². The fraction of sp³-hybridized carbons (Fsp3) is 0.200. The molecule has 0 saturated carbocycles. The first kappa shape index (κ1) is 8.65. The largest absolute Gasteiger partial charge is 0.160 e.